The van der Waals surface area contributed by atoms with Crippen LogP contribution >= 0.6 is 11.8 Å². The van der Waals surface area contributed by atoms with Gasteiger partial charge < -0.3 is 4.74 Å². The molecule has 0 fully saturated rings. The van der Waals surface area contributed by atoms with Gasteiger partial charge in [-0.15, -0.1) is 0 Å². The fourth-order valence-electron chi connectivity index (χ4n) is 2.23. The highest BCUT2D eigenvalue weighted by atomic mass is 32.2. The van der Waals surface area contributed by atoms with E-state index in [4.69, 9.17) is 4.74 Å². The molecule has 0 N–H and O–H groups in total. The molecule has 0 amide bonds. The minimum absolute atomic E-state index is 0.186. The van der Waals surface area contributed by atoms with Crippen molar-refractivity contribution in [3.05, 3.63) is 41.7 Å². The molecule has 1 atom stereocenters. The van der Waals surface area contributed by atoms with Crippen LogP contribution in [-0.4, -0.2) is 38.7 Å². The minimum atomic E-state index is -1.02. The number of rotatable bonds is 8. The van der Waals surface area contributed by atoms with Crippen molar-refractivity contribution in [3.63, 3.8) is 0 Å². The quantitative estimate of drug-likeness (QED) is 0.656. The molecule has 7 heteroatoms. The first-order valence-corrected chi connectivity index (χ1v) is 10.4. The number of aromatic nitrogens is 2. The molecule has 0 saturated heterocycles. The molecule has 0 aliphatic heterocycles. The minimum Gasteiger partial charge on any atom is -0.384 e. The number of nitriles is 1. The normalized spacial score (nSPS) is 12.1. The zero-order valence-corrected chi connectivity index (χ0v) is 16.2. The topological polar surface area (TPSA) is 75.9 Å². The molecule has 0 spiro atoms. The van der Waals surface area contributed by atoms with Crippen LogP contribution in [0.15, 0.2) is 35.6 Å². The third-order valence-electron chi connectivity index (χ3n) is 3.55. The van der Waals surface area contributed by atoms with E-state index in [1.54, 1.807) is 19.5 Å². The first-order valence-electron chi connectivity index (χ1n) is 7.89. The molecule has 132 valence electrons. The lowest BCUT2D eigenvalue weighted by Crippen LogP contribution is -2.07. The number of ether oxygens (including phenoxy) is 1. The summed E-state index contributed by atoms with van der Waals surface area (Å²) in [5.41, 5.74) is 3.19. The van der Waals surface area contributed by atoms with E-state index >= 15 is 0 Å². The highest BCUT2D eigenvalue weighted by molar-refractivity contribution is 8.10. The predicted octanol–water partition coefficient (Wildman–Crippen LogP) is 3.58. The van der Waals surface area contributed by atoms with E-state index in [2.05, 4.69) is 16.0 Å². The number of hydrogen-bond donors (Lipinski definition) is 0. The van der Waals surface area contributed by atoms with Crippen LogP contribution in [0.3, 0.4) is 0 Å². The van der Waals surface area contributed by atoms with Crippen molar-refractivity contribution in [2.45, 2.75) is 24.8 Å². The van der Waals surface area contributed by atoms with Crippen LogP contribution in [0.25, 0.3) is 11.3 Å². The summed E-state index contributed by atoms with van der Waals surface area (Å²) >= 11 is 1.36. The zero-order chi connectivity index (χ0) is 18.2. The fourth-order valence-corrected chi connectivity index (χ4v) is 4.50. The van der Waals surface area contributed by atoms with Gasteiger partial charge in [0.2, 0.25) is 0 Å². The van der Waals surface area contributed by atoms with Crippen molar-refractivity contribution >= 4 is 22.6 Å². The molecular formula is C18H21N3O2S2. The van der Waals surface area contributed by atoms with Gasteiger partial charge in [0, 0.05) is 41.6 Å². The second-order valence-electron chi connectivity index (χ2n) is 5.68. The number of thioether (sulfide) groups is 1. The van der Waals surface area contributed by atoms with E-state index in [-0.39, 0.29) is 5.92 Å². The van der Waals surface area contributed by atoms with Gasteiger partial charge in [0.05, 0.1) is 22.9 Å². The molecule has 2 aromatic heterocycles. The summed E-state index contributed by atoms with van der Waals surface area (Å²) in [6.07, 6.45) is 3.47. The fraction of sp³-hybridized carbons (Fsp3) is 0.389. The SMILES string of the molecule is COCCS(=O)CSc1nc(-c2cccnc2)cc(C(C)C)c1C#N. The van der Waals surface area contributed by atoms with Crippen molar-refractivity contribution < 1.29 is 8.95 Å². The van der Waals surface area contributed by atoms with Crippen molar-refractivity contribution in [2.24, 2.45) is 0 Å². The molecule has 0 radical (unpaired) electrons. The molecule has 0 bridgehead atoms. The largest absolute Gasteiger partial charge is 0.384 e. The second-order valence-corrected chi connectivity index (χ2v) is 8.59. The first-order chi connectivity index (χ1) is 12.1. The summed E-state index contributed by atoms with van der Waals surface area (Å²) in [5, 5.41) is 10.6. The van der Waals surface area contributed by atoms with Gasteiger partial charge in [-0.05, 0) is 29.7 Å². The van der Waals surface area contributed by atoms with Crippen LogP contribution in [0.2, 0.25) is 0 Å². The lowest BCUT2D eigenvalue weighted by atomic mass is 9.97. The molecule has 25 heavy (non-hydrogen) atoms. The molecule has 0 aliphatic rings. The number of methoxy groups -OCH3 is 1. The summed E-state index contributed by atoms with van der Waals surface area (Å²) in [7, 11) is 0.566. The standard InChI is InChI=1S/C18H21N3O2S2/c1-13(2)15-9-17(14-5-4-6-20-11-14)21-18(16(15)10-19)24-12-25(22)8-7-23-3/h4-6,9,11,13H,7-8,12H2,1-3H3. The molecule has 0 saturated carbocycles. The van der Waals surface area contributed by atoms with E-state index < -0.39 is 10.8 Å². The molecule has 5 nitrogen and oxygen atoms in total. The Morgan fingerprint density at radius 1 is 1.44 bits per heavy atom. The number of pyridine rings is 2. The highest BCUT2D eigenvalue weighted by Gasteiger charge is 2.17. The summed E-state index contributed by atoms with van der Waals surface area (Å²) in [4.78, 5) is 8.79. The van der Waals surface area contributed by atoms with Crippen LogP contribution < -0.4 is 0 Å². The lowest BCUT2D eigenvalue weighted by Gasteiger charge is -2.14. The molecule has 1 unspecified atom stereocenters. The Kier molecular flexibility index (Phi) is 7.56. The summed E-state index contributed by atoms with van der Waals surface area (Å²) in [6.45, 7) is 4.56. The van der Waals surface area contributed by atoms with Crippen LogP contribution in [-0.2, 0) is 15.5 Å². The third-order valence-corrected chi connectivity index (χ3v) is 6.26. The molecule has 0 aliphatic carbocycles. The molecule has 2 aromatic rings. The van der Waals surface area contributed by atoms with Crippen molar-refractivity contribution in [1.29, 1.82) is 5.26 Å². The van der Waals surface area contributed by atoms with Crippen LogP contribution in [0.5, 0.6) is 0 Å². The Morgan fingerprint density at radius 3 is 2.84 bits per heavy atom. The summed E-state index contributed by atoms with van der Waals surface area (Å²) in [5.74, 6) is 0.663. The zero-order valence-electron chi connectivity index (χ0n) is 14.6. The van der Waals surface area contributed by atoms with Gasteiger partial charge in [0.15, 0.2) is 0 Å². The van der Waals surface area contributed by atoms with Gasteiger partial charge >= 0.3 is 0 Å². The maximum Gasteiger partial charge on any atom is 0.116 e. The molecule has 2 rings (SSSR count). The van der Waals surface area contributed by atoms with E-state index in [0.717, 1.165) is 16.8 Å². The van der Waals surface area contributed by atoms with Gasteiger partial charge in [-0.3, -0.25) is 9.19 Å². The van der Waals surface area contributed by atoms with Gasteiger partial charge in [0.25, 0.3) is 0 Å². The van der Waals surface area contributed by atoms with E-state index in [0.29, 0.717) is 28.0 Å². The van der Waals surface area contributed by atoms with E-state index in [9.17, 15) is 9.47 Å². The third kappa shape index (κ3) is 5.36. The van der Waals surface area contributed by atoms with Gasteiger partial charge in [0.1, 0.15) is 11.1 Å². The van der Waals surface area contributed by atoms with Gasteiger partial charge in [-0.1, -0.05) is 25.6 Å². The lowest BCUT2D eigenvalue weighted by molar-refractivity contribution is 0.218. The molecule has 2 heterocycles. The average Bonchev–Trinajstić information content (AvgIpc) is 2.64. The first kappa shape index (κ1) is 19.6. The Labute approximate surface area is 155 Å². The molecular weight excluding hydrogens is 354 g/mol. The summed E-state index contributed by atoms with van der Waals surface area (Å²) < 4.78 is 17.0. The van der Waals surface area contributed by atoms with Crippen LogP contribution in [0, 0.1) is 11.3 Å². The Hall–Kier alpha value is -1.75. The average molecular weight is 376 g/mol. The maximum atomic E-state index is 12.0. The van der Waals surface area contributed by atoms with Crippen molar-refractivity contribution in [1.82, 2.24) is 9.97 Å². The summed E-state index contributed by atoms with van der Waals surface area (Å²) in [6, 6.07) is 8.02. The monoisotopic (exact) mass is 375 g/mol. The predicted molar refractivity (Wildman–Crippen MR) is 102 cm³/mol. The van der Waals surface area contributed by atoms with Gasteiger partial charge in [-0.25, -0.2) is 4.98 Å². The Morgan fingerprint density at radius 2 is 2.24 bits per heavy atom. The van der Waals surface area contributed by atoms with E-state index in [1.807, 2.05) is 32.0 Å². The highest BCUT2D eigenvalue weighted by Crippen LogP contribution is 2.32. The number of hydrogen-bond acceptors (Lipinski definition) is 6. The second kappa shape index (κ2) is 9.66. The van der Waals surface area contributed by atoms with E-state index in [1.165, 1.54) is 11.8 Å². The van der Waals surface area contributed by atoms with Crippen molar-refractivity contribution in [2.75, 3.05) is 24.6 Å². The smallest absolute Gasteiger partial charge is 0.116 e. The number of nitrogens with zero attached hydrogens (tertiary/aromatic N) is 3. The van der Waals surface area contributed by atoms with Gasteiger partial charge in [-0.2, -0.15) is 5.26 Å². The Balaban J connectivity index is 2.37. The van der Waals surface area contributed by atoms with Crippen LogP contribution in [0.4, 0.5) is 0 Å². The Bertz CT molecular complexity index is 774. The van der Waals surface area contributed by atoms with Crippen LogP contribution in [0.1, 0.15) is 30.9 Å². The maximum absolute atomic E-state index is 12.0. The van der Waals surface area contributed by atoms with Crippen molar-refractivity contribution in [3.8, 4) is 17.3 Å². The molecule has 0 aromatic carbocycles.